The fraction of sp³-hybridized carbons (Fsp3) is 0.250. The van der Waals surface area contributed by atoms with E-state index in [1.54, 1.807) is 50.4 Å². The van der Waals surface area contributed by atoms with Crippen LogP contribution in [0.5, 0.6) is 23.0 Å². The van der Waals surface area contributed by atoms with Crippen LogP contribution < -0.4 is 20.3 Å². The quantitative estimate of drug-likeness (QED) is 0.313. The summed E-state index contributed by atoms with van der Waals surface area (Å²) >= 11 is 1.30. The molecule has 0 bridgehead atoms. The number of rotatable bonds is 8. The predicted molar refractivity (Wildman–Crippen MR) is 132 cm³/mol. The molecular formula is C24H24N4O6S. The largest absolute Gasteiger partial charge is 0.506 e. The van der Waals surface area contributed by atoms with Gasteiger partial charge in [0.2, 0.25) is 10.9 Å². The molecule has 2 aromatic carbocycles. The number of methoxy groups -OCH3 is 2. The first-order valence-electron chi connectivity index (χ1n) is 10.6. The first kappa shape index (κ1) is 24.0. The summed E-state index contributed by atoms with van der Waals surface area (Å²) < 4.78 is 11.9. The number of aromatic hydroxyl groups is 2. The molecule has 11 heteroatoms. The van der Waals surface area contributed by atoms with Crippen molar-refractivity contribution in [1.29, 1.82) is 0 Å². The van der Waals surface area contributed by atoms with E-state index in [1.807, 2.05) is 0 Å². The Morgan fingerprint density at radius 2 is 1.77 bits per heavy atom. The Kier molecular flexibility index (Phi) is 6.61. The molecule has 3 N–H and O–H groups in total. The van der Waals surface area contributed by atoms with Crippen molar-refractivity contribution in [3.8, 4) is 23.0 Å². The number of para-hydroxylation sites is 1. The Hall–Kier alpha value is -4.12. The first-order valence-corrected chi connectivity index (χ1v) is 11.4. The highest BCUT2D eigenvalue weighted by Gasteiger charge is 2.27. The number of hydrogen-bond donors (Lipinski definition) is 3. The molecular weight excluding hydrogens is 472 g/mol. The number of anilines is 1. The summed E-state index contributed by atoms with van der Waals surface area (Å²) in [5.74, 6) is -0.816. The highest BCUT2D eigenvalue weighted by molar-refractivity contribution is 7.15. The number of aromatic nitrogens is 3. The number of hydrogen-bond acceptors (Lipinski definition) is 10. The second-order valence-electron chi connectivity index (χ2n) is 7.83. The molecule has 0 unspecified atom stereocenters. The van der Waals surface area contributed by atoms with Gasteiger partial charge in [-0.15, -0.1) is 10.2 Å². The van der Waals surface area contributed by atoms with Crippen LogP contribution >= 0.6 is 11.3 Å². The maximum atomic E-state index is 13.5. The molecule has 0 radical (unpaired) electrons. The van der Waals surface area contributed by atoms with Crippen LogP contribution in [-0.2, 0) is 7.05 Å². The van der Waals surface area contributed by atoms with Crippen LogP contribution in [0, 0.1) is 6.92 Å². The van der Waals surface area contributed by atoms with Crippen LogP contribution in [0.25, 0.3) is 10.9 Å². The van der Waals surface area contributed by atoms with Gasteiger partial charge in [0.15, 0.2) is 17.3 Å². The fourth-order valence-corrected chi connectivity index (χ4v) is 4.53. The summed E-state index contributed by atoms with van der Waals surface area (Å²) in [6, 6.07) is 9.23. The van der Waals surface area contributed by atoms with Crippen molar-refractivity contribution in [1.82, 2.24) is 14.8 Å². The smallest absolute Gasteiger partial charge is 0.265 e. The monoisotopic (exact) mass is 496 g/mol. The molecule has 4 rings (SSSR count). The fourth-order valence-electron chi connectivity index (χ4n) is 3.89. The van der Waals surface area contributed by atoms with E-state index in [0.717, 1.165) is 5.01 Å². The third kappa shape index (κ3) is 4.50. The van der Waals surface area contributed by atoms with Crippen LogP contribution in [0.2, 0.25) is 0 Å². The molecule has 0 spiro atoms. The van der Waals surface area contributed by atoms with E-state index in [4.69, 9.17) is 9.47 Å². The SMILES string of the molecule is COc1cc([C@H](CC(=O)c2c(O)c3ccccc3n(C)c2=O)Nc2nnc(C)s2)cc(OC)c1O. The summed E-state index contributed by atoms with van der Waals surface area (Å²) in [7, 11) is 4.35. The van der Waals surface area contributed by atoms with Gasteiger partial charge in [0.1, 0.15) is 16.3 Å². The zero-order valence-electron chi connectivity index (χ0n) is 19.5. The molecule has 0 aliphatic carbocycles. The molecule has 0 amide bonds. The van der Waals surface area contributed by atoms with Crippen molar-refractivity contribution in [3.63, 3.8) is 0 Å². The lowest BCUT2D eigenvalue weighted by Gasteiger charge is -2.20. The van der Waals surface area contributed by atoms with Crippen molar-refractivity contribution in [2.24, 2.45) is 7.05 Å². The summed E-state index contributed by atoms with van der Waals surface area (Å²) in [6.07, 6.45) is -0.211. The number of ether oxygens (including phenoxy) is 2. The van der Waals surface area contributed by atoms with Gasteiger partial charge in [-0.25, -0.2) is 0 Å². The Morgan fingerprint density at radius 1 is 1.11 bits per heavy atom. The van der Waals surface area contributed by atoms with Crippen LogP contribution in [0.3, 0.4) is 0 Å². The third-order valence-corrected chi connectivity index (χ3v) is 6.44. The summed E-state index contributed by atoms with van der Waals surface area (Å²) in [6.45, 7) is 1.80. The van der Waals surface area contributed by atoms with Gasteiger partial charge in [0, 0.05) is 18.9 Å². The van der Waals surface area contributed by atoms with Crippen molar-refractivity contribution in [2.75, 3.05) is 19.5 Å². The lowest BCUT2D eigenvalue weighted by molar-refractivity contribution is 0.0972. The van der Waals surface area contributed by atoms with E-state index >= 15 is 0 Å². The number of carbonyl (C=O) groups is 1. The standard InChI is InChI=1S/C24H24N4O6S/c1-12-26-27-24(35-12)25-15(13-9-18(33-3)22(31)19(10-13)34-4)11-17(29)20-21(30)14-7-5-6-8-16(14)28(2)23(20)32/h5-10,15,30-31H,11H2,1-4H3,(H,25,27)/t15-/m0/s1. The number of pyridine rings is 1. The minimum absolute atomic E-state index is 0.150. The van der Waals surface area contributed by atoms with Gasteiger partial charge >= 0.3 is 0 Å². The molecule has 0 saturated carbocycles. The van der Waals surface area contributed by atoms with E-state index in [1.165, 1.54) is 30.1 Å². The van der Waals surface area contributed by atoms with Crippen molar-refractivity contribution < 1.29 is 24.5 Å². The number of phenolic OH excluding ortho intramolecular Hbond substituents is 1. The van der Waals surface area contributed by atoms with E-state index in [2.05, 4.69) is 15.5 Å². The topological polar surface area (TPSA) is 136 Å². The summed E-state index contributed by atoms with van der Waals surface area (Å²) in [5, 5.41) is 34.0. The lowest BCUT2D eigenvalue weighted by Crippen LogP contribution is -2.26. The molecule has 0 saturated heterocycles. The van der Waals surface area contributed by atoms with Crippen LogP contribution in [-0.4, -0.2) is 45.0 Å². The molecule has 4 aromatic rings. The summed E-state index contributed by atoms with van der Waals surface area (Å²) in [5.41, 5.74) is 0.148. The number of nitrogens with one attached hydrogen (secondary N) is 1. The van der Waals surface area contributed by atoms with Crippen LogP contribution in [0.15, 0.2) is 41.2 Å². The maximum Gasteiger partial charge on any atom is 0.265 e. The Bertz CT molecular complexity index is 1450. The van der Waals surface area contributed by atoms with Gasteiger partial charge in [0.25, 0.3) is 5.56 Å². The van der Waals surface area contributed by atoms with Gasteiger partial charge in [-0.05, 0) is 36.8 Å². The molecule has 2 heterocycles. The second-order valence-corrected chi connectivity index (χ2v) is 9.01. The minimum atomic E-state index is -0.714. The molecule has 10 nitrogen and oxygen atoms in total. The normalized spacial score (nSPS) is 11.9. The predicted octanol–water partition coefficient (Wildman–Crippen LogP) is 3.55. The highest BCUT2D eigenvalue weighted by Crippen LogP contribution is 2.40. The van der Waals surface area contributed by atoms with Gasteiger partial charge in [0.05, 0.1) is 25.8 Å². The Balaban J connectivity index is 1.80. The van der Waals surface area contributed by atoms with Crippen molar-refractivity contribution in [2.45, 2.75) is 19.4 Å². The first-order chi connectivity index (χ1) is 16.7. The molecule has 2 aromatic heterocycles. The van der Waals surface area contributed by atoms with Crippen LogP contribution in [0.1, 0.15) is 33.4 Å². The number of Topliss-reactive ketones (excluding diaryl/α,β-unsaturated/α-hetero) is 1. The number of nitrogens with zero attached hydrogens (tertiary/aromatic N) is 3. The lowest BCUT2D eigenvalue weighted by atomic mass is 9.96. The molecule has 35 heavy (non-hydrogen) atoms. The average Bonchev–Trinajstić information content (AvgIpc) is 3.27. The molecule has 0 fully saturated rings. The zero-order chi connectivity index (χ0) is 25.3. The van der Waals surface area contributed by atoms with Gasteiger partial charge in [-0.3, -0.25) is 9.59 Å². The molecule has 0 aliphatic heterocycles. The maximum absolute atomic E-state index is 13.5. The number of fused-ring (bicyclic) bond motifs is 1. The Labute approximate surface area is 204 Å². The van der Waals surface area contributed by atoms with E-state index in [9.17, 15) is 19.8 Å². The second kappa shape index (κ2) is 9.63. The number of aryl methyl sites for hydroxylation is 2. The molecule has 1 atom stereocenters. The van der Waals surface area contributed by atoms with E-state index in [-0.39, 0.29) is 35.0 Å². The average molecular weight is 497 g/mol. The van der Waals surface area contributed by atoms with Gasteiger partial charge < -0.3 is 29.6 Å². The van der Waals surface area contributed by atoms with Crippen molar-refractivity contribution in [3.05, 3.63) is 62.9 Å². The van der Waals surface area contributed by atoms with E-state index in [0.29, 0.717) is 21.6 Å². The number of ketones is 1. The van der Waals surface area contributed by atoms with E-state index < -0.39 is 17.4 Å². The molecule has 182 valence electrons. The highest BCUT2D eigenvalue weighted by atomic mass is 32.1. The Morgan fingerprint density at radius 3 is 2.37 bits per heavy atom. The van der Waals surface area contributed by atoms with Gasteiger partial charge in [-0.2, -0.15) is 0 Å². The zero-order valence-corrected chi connectivity index (χ0v) is 20.3. The molecule has 0 aliphatic rings. The van der Waals surface area contributed by atoms with Crippen LogP contribution in [0.4, 0.5) is 5.13 Å². The van der Waals surface area contributed by atoms with Gasteiger partial charge in [-0.1, -0.05) is 23.5 Å². The number of phenols is 1. The van der Waals surface area contributed by atoms with Crippen molar-refractivity contribution >= 4 is 33.2 Å². The number of benzene rings is 2. The number of carbonyl (C=O) groups excluding carboxylic acids is 1. The third-order valence-electron chi connectivity index (χ3n) is 5.67. The minimum Gasteiger partial charge on any atom is -0.506 e. The summed E-state index contributed by atoms with van der Waals surface area (Å²) in [4.78, 5) is 26.5.